The molecule has 1 amide bonds. The van der Waals surface area contributed by atoms with Gasteiger partial charge in [-0.15, -0.1) is 0 Å². The number of rotatable bonds is 59. The predicted octanol–water partition coefficient (Wildman–Crippen LogP) is 20.1. The Kier molecular flexibility index (Phi) is 59.5. The SMILES string of the molecule is CCCCCC/C=C\C/C=C\CCCCCCCCCC(=O)OCCCCCCCC/C=C\C/C=C\CCC(=O)NC(CO)C(O)CCCCCCCCCCCCCCCCCCCCCCCCCC. The molecule has 0 aliphatic carbocycles. The Morgan fingerprint density at radius 3 is 1.10 bits per heavy atom. The van der Waals surface area contributed by atoms with E-state index in [2.05, 4.69) is 61.7 Å². The van der Waals surface area contributed by atoms with Crippen LogP contribution in [0.15, 0.2) is 48.6 Å². The summed E-state index contributed by atoms with van der Waals surface area (Å²) in [5.74, 6) is -0.137. The van der Waals surface area contributed by atoms with Gasteiger partial charge >= 0.3 is 5.97 Å². The Balaban J connectivity index is 3.52. The number of hydrogen-bond donors (Lipinski definition) is 3. The first-order valence-electron chi connectivity index (χ1n) is 31.9. The molecule has 0 aliphatic rings. The number of unbranched alkanes of at least 4 members (excludes halogenated alkanes) is 40. The highest BCUT2D eigenvalue weighted by atomic mass is 16.5. The van der Waals surface area contributed by atoms with Crippen LogP contribution < -0.4 is 5.32 Å². The van der Waals surface area contributed by atoms with Gasteiger partial charge in [0.2, 0.25) is 5.91 Å². The summed E-state index contributed by atoms with van der Waals surface area (Å²) in [7, 11) is 0. The molecule has 6 heteroatoms. The Bertz CT molecular complexity index is 1210. The highest BCUT2D eigenvalue weighted by Crippen LogP contribution is 2.18. The van der Waals surface area contributed by atoms with E-state index in [1.807, 2.05) is 6.08 Å². The van der Waals surface area contributed by atoms with Crippen molar-refractivity contribution in [3.05, 3.63) is 48.6 Å². The van der Waals surface area contributed by atoms with Crippen molar-refractivity contribution in [2.24, 2.45) is 0 Å². The van der Waals surface area contributed by atoms with Crippen LogP contribution in [0.3, 0.4) is 0 Å². The normalized spacial score (nSPS) is 12.9. The number of allylic oxidation sites excluding steroid dienone is 8. The third-order valence-corrected chi connectivity index (χ3v) is 14.6. The molecule has 0 bridgehead atoms. The molecular weight excluding hydrogens is 887 g/mol. The monoisotopic (exact) mass is 1010 g/mol. The fourth-order valence-electron chi connectivity index (χ4n) is 9.72. The van der Waals surface area contributed by atoms with Crippen LogP contribution in [0.5, 0.6) is 0 Å². The second kappa shape index (κ2) is 61.4. The van der Waals surface area contributed by atoms with E-state index in [9.17, 15) is 19.8 Å². The number of aliphatic hydroxyl groups is 2. The summed E-state index contributed by atoms with van der Waals surface area (Å²) >= 11 is 0. The zero-order valence-electron chi connectivity index (χ0n) is 48.2. The van der Waals surface area contributed by atoms with Crippen LogP contribution in [-0.2, 0) is 14.3 Å². The van der Waals surface area contributed by atoms with Gasteiger partial charge in [-0.2, -0.15) is 0 Å². The molecule has 0 radical (unpaired) electrons. The molecule has 0 aromatic carbocycles. The fourth-order valence-corrected chi connectivity index (χ4v) is 9.72. The first-order valence-corrected chi connectivity index (χ1v) is 31.9. The second-order valence-corrected chi connectivity index (χ2v) is 21.7. The highest BCUT2D eigenvalue weighted by Gasteiger charge is 2.20. The Labute approximate surface area is 448 Å². The molecule has 0 saturated heterocycles. The van der Waals surface area contributed by atoms with Crippen molar-refractivity contribution in [3.63, 3.8) is 0 Å². The van der Waals surface area contributed by atoms with Gasteiger partial charge in [-0.05, 0) is 77.0 Å². The molecule has 0 fully saturated rings. The van der Waals surface area contributed by atoms with Crippen molar-refractivity contribution in [2.45, 2.75) is 347 Å². The number of esters is 1. The Hall–Kier alpha value is -2.18. The molecule has 72 heavy (non-hydrogen) atoms. The number of aliphatic hydroxyl groups excluding tert-OH is 2. The minimum Gasteiger partial charge on any atom is -0.466 e. The lowest BCUT2D eigenvalue weighted by Crippen LogP contribution is -2.45. The molecule has 422 valence electrons. The topological polar surface area (TPSA) is 95.9 Å². The maximum absolute atomic E-state index is 12.5. The van der Waals surface area contributed by atoms with Crippen LogP contribution in [0.1, 0.15) is 335 Å². The van der Waals surface area contributed by atoms with Crippen molar-refractivity contribution >= 4 is 11.9 Å². The van der Waals surface area contributed by atoms with E-state index in [0.29, 0.717) is 32.3 Å². The average molecular weight is 1010 g/mol. The van der Waals surface area contributed by atoms with Crippen molar-refractivity contribution in [2.75, 3.05) is 13.2 Å². The molecule has 0 aromatic heterocycles. The van der Waals surface area contributed by atoms with Gasteiger partial charge in [0.05, 0.1) is 25.4 Å². The number of nitrogens with one attached hydrogen (secondary N) is 1. The zero-order chi connectivity index (χ0) is 52.2. The van der Waals surface area contributed by atoms with Crippen molar-refractivity contribution in [1.29, 1.82) is 0 Å². The van der Waals surface area contributed by atoms with Crippen LogP contribution in [0.2, 0.25) is 0 Å². The molecular formula is C66H123NO5. The van der Waals surface area contributed by atoms with Crippen LogP contribution in [0, 0.1) is 0 Å². The van der Waals surface area contributed by atoms with E-state index in [-0.39, 0.29) is 18.5 Å². The third kappa shape index (κ3) is 57.1. The molecule has 0 saturated carbocycles. The number of ether oxygens (including phenoxy) is 1. The van der Waals surface area contributed by atoms with E-state index in [1.165, 1.54) is 238 Å². The first-order chi connectivity index (χ1) is 35.5. The number of carbonyl (C=O) groups is 2. The molecule has 0 spiro atoms. The van der Waals surface area contributed by atoms with Gasteiger partial charge in [0.1, 0.15) is 0 Å². The average Bonchev–Trinajstić information content (AvgIpc) is 3.38. The van der Waals surface area contributed by atoms with E-state index in [0.717, 1.165) is 57.8 Å². The Morgan fingerprint density at radius 2 is 0.708 bits per heavy atom. The summed E-state index contributed by atoms with van der Waals surface area (Å²) in [6.45, 7) is 4.89. The number of amides is 1. The molecule has 6 nitrogen and oxygen atoms in total. The second-order valence-electron chi connectivity index (χ2n) is 21.7. The zero-order valence-corrected chi connectivity index (χ0v) is 48.2. The van der Waals surface area contributed by atoms with Gasteiger partial charge in [-0.25, -0.2) is 0 Å². The summed E-state index contributed by atoms with van der Waals surface area (Å²) in [4.78, 5) is 24.6. The fraction of sp³-hybridized carbons (Fsp3) is 0.848. The first kappa shape index (κ1) is 69.8. The van der Waals surface area contributed by atoms with Crippen LogP contribution >= 0.6 is 0 Å². The summed E-state index contributed by atoms with van der Waals surface area (Å²) in [5.41, 5.74) is 0. The molecule has 0 heterocycles. The lowest BCUT2D eigenvalue weighted by Gasteiger charge is -2.22. The van der Waals surface area contributed by atoms with Gasteiger partial charge in [0, 0.05) is 12.8 Å². The maximum Gasteiger partial charge on any atom is 0.305 e. The summed E-state index contributed by atoms with van der Waals surface area (Å²) < 4.78 is 5.47. The minimum atomic E-state index is -0.702. The van der Waals surface area contributed by atoms with Gasteiger partial charge < -0.3 is 20.3 Å². The highest BCUT2D eigenvalue weighted by molar-refractivity contribution is 5.76. The van der Waals surface area contributed by atoms with E-state index in [4.69, 9.17) is 4.74 Å². The number of carbonyl (C=O) groups excluding carboxylic acids is 2. The van der Waals surface area contributed by atoms with Gasteiger partial charge in [0.25, 0.3) is 0 Å². The van der Waals surface area contributed by atoms with Crippen molar-refractivity contribution < 1.29 is 24.5 Å². The lowest BCUT2D eigenvalue weighted by atomic mass is 10.0. The molecule has 0 aliphatic heterocycles. The van der Waals surface area contributed by atoms with Gasteiger partial charge in [0.15, 0.2) is 0 Å². The van der Waals surface area contributed by atoms with Crippen molar-refractivity contribution in [3.8, 4) is 0 Å². The lowest BCUT2D eigenvalue weighted by molar-refractivity contribution is -0.143. The molecule has 0 aromatic rings. The minimum absolute atomic E-state index is 0.0239. The largest absolute Gasteiger partial charge is 0.466 e. The standard InChI is InChI=1S/C66H123NO5/c1-3-5-7-9-11-13-15-17-19-21-23-24-25-26-27-28-29-31-34-38-42-46-50-54-58-64(69)63(62-68)67-65(70)59-55-51-47-43-39-35-33-37-41-45-49-53-57-61-72-66(71)60-56-52-48-44-40-36-32-30-22-20-18-16-14-12-10-8-6-4-2/h14,16,20,22,35,39,47,51,63-64,68-69H,3-13,15,17-19,21,23-34,36-38,40-46,48-50,52-62H2,1-2H3,(H,67,70)/b16-14-,22-20-,39-35-,51-47-. The van der Waals surface area contributed by atoms with Crippen LogP contribution in [0.4, 0.5) is 0 Å². The smallest absolute Gasteiger partial charge is 0.305 e. The summed E-state index contributed by atoms with van der Waals surface area (Å²) in [6, 6.07) is -0.588. The Morgan fingerprint density at radius 1 is 0.389 bits per heavy atom. The van der Waals surface area contributed by atoms with Crippen LogP contribution in [-0.4, -0.2) is 47.4 Å². The molecule has 2 atom stereocenters. The maximum atomic E-state index is 12.5. The molecule has 3 N–H and O–H groups in total. The molecule has 0 rings (SSSR count). The molecule has 2 unspecified atom stereocenters. The van der Waals surface area contributed by atoms with E-state index >= 15 is 0 Å². The van der Waals surface area contributed by atoms with E-state index in [1.54, 1.807) is 0 Å². The van der Waals surface area contributed by atoms with Gasteiger partial charge in [-0.1, -0.05) is 294 Å². The van der Waals surface area contributed by atoms with Gasteiger partial charge in [-0.3, -0.25) is 9.59 Å². The summed E-state index contributed by atoms with van der Waals surface area (Å²) in [6.07, 6.45) is 78.5. The quantitative estimate of drug-likeness (QED) is 0.0320. The van der Waals surface area contributed by atoms with E-state index < -0.39 is 12.1 Å². The number of hydrogen-bond acceptors (Lipinski definition) is 5. The third-order valence-electron chi connectivity index (χ3n) is 14.6. The van der Waals surface area contributed by atoms with Crippen molar-refractivity contribution in [1.82, 2.24) is 5.32 Å². The summed E-state index contributed by atoms with van der Waals surface area (Å²) in [5, 5.41) is 23.3. The van der Waals surface area contributed by atoms with Crippen LogP contribution in [0.25, 0.3) is 0 Å². The predicted molar refractivity (Wildman–Crippen MR) is 315 cm³/mol.